The van der Waals surface area contributed by atoms with Crippen LogP contribution in [0.25, 0.3) is 0 Å². The maximum absolute atomic E-state index is 11.9. The molecule has 2 unspecified atom stereocenters. The maximum atomic E-state index is 11.9. The number of nitrogens with one attached hydrogen (secondary N) is 1. The van der Waals surface area contributed by atoms with Gasteiger partial charge in [0.2, 0.25) is 0 Å². The molecular weight excluding hydrogens is 254 g/mol. The topological polar surface area (TPSA) is 102 Å². The summed E-state index contributed by atoms with van der Waals surface area (Å²) >= 11 is 0. The number of ether oxygens (including phenoxy) is 1. The van der Waals surface area contributed by atoms with E-state index in [4.69, 9.17) is 9.84 Å². The minimum atomic E-state index is -1.27. The van der Waals surface area contributed by atoms with Gasteiger partial charge in [-0.3, -0.25) is 9.69 Å². The average Bonchev–Trinajstić information content (AvgIpc) is 2.82. The third kappa shape index (κ3) is 3.41. The second kappa shape index (κ2) is 6.29. The van der Waals surface area contributed by atoms with Gasteiger partial charge in [-0.1, -0.05) is 0 Å². The van der Waals surface area contributed by atoms with Gasteiger partial charge in [0.05, 0.1) is 0 Å². The van der Waals surface area contributed by atoms with E-state index < -0.39 is 24.2 Å². The molecule has 8 heteroatoms. The number of hydrogen-bond donors (Lipinski definition) is 3. The minimum Gasteiger partial charge on any atom is -0.477 e. The monoisotopic (exact) mass is 273 g/mol. The Bertz CT molecular complexity index is 345. The molecule has 8 nitrogen and oxygen atoms in total. The molecule has 0 bridgehead atoms. The van der Waals surface area contributed by atoms with E-state index in [1.165, 1.54) is 0 Å². The van der Waals surface area contributed by atoms with Crippen LogP contribution in [0.4, 0.5) is 0 Å². The predicted molar refractivity (Wildman–Crippen MR) is 63.5 cm³/mol. The highest BCUT2D eigenvalue weighted by Gasteiger charge is 2.36. The number of nitrogens with zero attached hydrogens (tertiary/aromatic N) is 2. The highest BCUT2D eigenvalue weighted by molar-refractivity contribution is 5.80. The first-order valence-corrected chi connectivity index (χ1v) is 6.43. The van der Waals surface area contributed by atoms with Gasteiger partial charge in [-0.2, -0.15) is 5.06 Å². The maximum Gasteiger partial charge on any atom is 0.360 e. The van der Waals surface area contributed by atoms with Crippen LogP contribution >= 0.6 is 0 Å². The predicted octanol–water partition coefficient (Wildman–Crippen LogP) is -1.30. The van der Waals surface area contributed by atoms with Gasteiger partial charge < -0.3 is 20.4 Å². The third-order valence-corrected chi connectivity index (χ3v) is 3.42. The van der Waals surface area contributed by atoms with Crippen molar-refractivity contribution in [1.82, 2.24) is 15.3 Å². The molecule has 2 aliphatic heterocycles. The fourth-order valence-electron chi connectivity index (χ4n) is 2.38. The van der Waals surface area contributed by atoms with Crippen LogP contribution < -0.4 is 5.32 Å². The zero-order chi connectivity index (χ0) is 13.8. The number of aliphatic carboxylic acids is 1. The zero-order valence-electron chi connectivity index (χ0n) is 10.6. The molecule has 2 heterocycles. The number of esters is 1. The Balaban J connectivity index is 1.95. The van der Waals surface area contributed by atoms with Crippen molar-refractivity contribution in [1.29, 1.82) is 0 Å². The zero-order valence-corrected chi connectivity index (χ0v) is 10.6. The fourth-order valence-corrected chi connectivity index (χ4v) is 2.38. The van der Waals surface area contributed by atoms with E-state index in [-0.39, 0.29) is 0 Å². The van der Waals surface area contributed by atoms with Gasteiger partial charge >= 0.3 is 11.9 Å². The van der Waals surface area contributed by atoms with Crippen molar-refractivity contribution >= 4 is 11.9 Å². The lowest BCUT2D eigenvalue weighted by Crippen LogP contribution is -2.54. The molecule has 0 amide bonds. The highest BCUT2D eigenvalue weighted by Crippen LogP contribution is 2.17. The second-order valence-electron chi connectivity index (χ2n) is 4.73. The summed E-state index contributed by atoms with van der Waals surface area (Å²) in [5, 5.41) is 22.7. The molecule has 108 valence electrons. The van der Waals surface area contributed by atoms with Crippen molar-refractivity contribution in [2.75, 3.05) is 32.7 Å². The van der Waals surface area contributed by atoms with Crippen LogP contribution in [0.5, 0.6) is 0 Å². The van der Waals surface area contributed by atoms with E-state index in [1.807, 2.05) is 0 Å². The summed E-state index contributed by atoms with van der Waals surface area (Å²) in [6.07, 6.45) is -0.0891. The van der Waals surface area contributed by atoms with Crippen LogP contribution in [0.3, 0.4) is 0 Å². The van der Waals surface area contributed by atoms with Gasteiger partial charge in [0.15, 0.2) is 0 Å². The van der Waals surface area contributed by atoms with Crippen LogP contribution in [0.1, 0.15) is 12.8 Å². The van der Waals surface area contributed by atoms with Crippen molar-refractivity contribution in [2.45, 2.75) is 25.1 Å². The molecule has 0 aromatic rings. The summed E-state index contributed by atoms with van der Waals surface area (Å²) in [7, 11) is 0. The molecule has 0 aromatic heterocycles. The molecule has 0 aromatic carbocycles. The smallest absolute Gasteiger partial charge is 0.360 e. The molecule has 3 N–H and O–H groups in total. The number of carboxylic acid groups (broad SMARTS) is 1. The lowest BCUT2D eigenvalue weighted by Gasteiger charge is -2.32. The summed E-state index contributed by atoms with van der Waals surface area (Å²) in [5.74, 6) is -1.86. The number of hydrogen-bond acceptors (Lipinski definition) is 7. The van der Waals surface area contributed by atoms with E-state index in [0.717, 1.165) is 5.06 Å². The first-order chi connectivity index (χ1) is 9.09. The Labute approximate surface area is 110 Å². The van der Waals surface area contributed by atoms with Crippen molar-refractivity contribution in [3.63, 3.8) is 0 Å². The number of carbonyl (C=O) groups excluding carboxylic acids is 1. The number of carboxylic acids is 1. The third-order valence-electron chi connectivity index (χ3n) is 3.42. The van der Waals surface area contributed by atoms with Crippen molar-refractivity contribution in [2.24, 2.45) is 0 Å². The van der Waals surface area contributed by atoms with E-state index in [9.17, 15) is 14.8 Å². The van der Waals surface area contributed by atoms with E-state index >= 15 is 0 Å². The van der Waals surface area contributed by atoms with Crippen molar-refractivity contribution in [3.05, 3.63) is 0 Å². The molecule has 2 rings (SSSR count). The second-order valence-corrected chi connectivity index (χ2v) is 4.73. The Morgan fingerprint density at radius 3 is 2.47 bits per heavy atom. The molecule has 19 heavy (non-hydrogen) atoms. The fraction of sp³-hybridized carbons (Fsp3) is 0.818. The normalized spacial score (nSPS) is 27.1. The molecule has 0 radical (unpaired) electrons. The summed E-state index contributed by atoms with van der Waals surface area (Å²) < 4.78 is 5.06. The molecule has 0 spiro atoms. The van der Waals surface area contributed by atoms with Crippen LogP contribution in [0, 0.1) is 0 Å². The minimum absolute atomic E-state index is 0.408. The number of rotatable bonds is 4. The molecular formula is C11H19N3O5. The molecule has 0 saturated carbocycles. The summed E-state index contributed by atoms with van der Waals surface area (Å²) in [5.41, 5.74) is 0. The van der Waals surface area contributed by atoms with Crippen LogP contribution in [0.2, 0.25) is 0 Å². The van der Waals surface area contributed by atoms with Crippen LogP contribution in [0.15, 0.2) is 0 Å². The molecule has 2 fully saturated rings. The van der Waals surface area contributed by atoms with Crippen molar-refractivity contribution in [3.8, 4) is 0 Å². The first-order valence-electron chi connectivity index (χ1n) is 6.43. The molecule has 2 atom stereocenters. The number of carbonyl (C=O) groups is 2. The largest absolute Gasteiger partial charge is 0.477 e. The number of piperazine rings is 1. The summed E-state index contributed by atoms with van der Waals surface area (Å²) in [4.78, 5) is 24.7. The Morgan fingerprint density at radius 1 is 1.26 bits per heavy atom. The summed E-state index contributed by atoms with van der Waals surface area (Å²) in [6.45, 7) is 2.76. The first kappa shape index (κ1) is 14.2. The molecule has 0 aliphatic carbocycles. The van der Waals surface area contributed by atoms with Gasteiger partial charge in [0.1, 0.15) is 6.04 Å². The average molecular weight is 273 g/mol. The lowest BCUT2D eigenvalue weighted by atomic mass is 10.2. The van der Waals surface area contributed by atoms with E-state index in [1.54, 1.807) is 4.90 Å². The van der Waals surface area contributed by atoms with E-state index in [2.05, 4.69) is 5.32 Å². The van der Waals surface area contributed by atoms with Gasteiger partial charge in [-0.05, 0) is 12.8 Å². The van der Waals surface area contributed by atoms with E-state index in [0.29, 0.717) is 45.6 Å². The Morgan fingerprint density at radius 2 is 1.95 bits per heavy atom. The Kier molecular flexibility index (Phi) is 4.70. The van der Waals surface area contributed by atoms with Gasteiger partial charge in [-0.15, -0.1) is 0 Å². The van der Waals surface area contributed by atoms with Gasteiger partial charge in [-0.25, -0.2) is 4.79 Å². The van der Waals surface area contributed by atoms with Crippen LogP contribution in [-0.4, -0.2) is 77.2 Å². The molecule has 2 saturated heterocycles. The SMILES string of the molecule is O=C(OC(C(=O)O)N1CCNCC1)C1CCCN1O. The number of hydroxylamine groups is 2. The quantitative estimate of drug-likeness (QED) is 0.543. The van der Waals surface area contributed by atoms with Gasteiger partial charge in [0, 0.05) is 32.7 Å². The van der Waals surface area contributed by atoms with Crippen molar-refractivity contribution < 1.29 is 24.6 Å². The van der Waals surface area contributed by atoms with Crippen LogP contribution in [-0.2, 0) is 14.3 Å². The molecule has 2 aliphatic rings. The Hall–Kier alpha value is -1.22. The lowest BCUT2D eigenvalue weighted by molar-refractivity contribution is -0.190. The standard InChI is InChI=1S/C11H19N3O5/c15-10(16)9(13-6-3-12-4-7-13)19-11(17)8-2-1-5-14(8)18/h8-9,12,18H,1-7H2,(H,15,16). The summed E-state index contributed by atoms with van der Waals surface area (Å²) in [6, 6.07) is -0.746. The highest BCUT2D eigenvalue weighted by atomic mass is 16.6. The van der Waals surface area contributed by atoms with Gasteiger partial charge in [0.25, 0.3) is 6.23 Å².